The zero-order chi connectivity index (χ0) is 26.5. The molecule has 10 nitrogen and oxygen atoms in total. The average Bonchev–Trinajstić information content (AvgIpc) is 3.11. The predicted octanol–water partition coefficient (Wildman–Crippen LogP) is 4.38. The molecule has 0 spiro atoms. The second-order valence-electron chi connectivity index (χ2n) is 8.06. The molecule has 1 aromatic heterocycles. The van der Waals surface area contributed by atoms with Crippen molar-refractivity contribution in [2.45, 2.75) is 11.8 Å². The maximum Gasteiger partial charge on any atom is 0.295 e. The SMILES string of the molecule is Cc1c(NC(=O)CSc2cccc(NC(=O)c3cccc([N+](=O)[O-])c3)c2)c(=O)n(-c2ccccc2)n1C. The number of nitro benzene ring substituents is 1. The van der Waals surface area contributed by atoms with Crippen LogP contribution in [0.4, 0.5) is 17.1 Å². The highest BCUT2D eigenvalue weighted by Crippen LogP contribution is 2.23. The van der Waals surface area contributed by atoms with E-state index in [9.17, 15) is 24.5 Å². The third-order valence-corrected chi connectivity index (χ3v) is 6.59. The van der Waals surface area contributed by atoms with Gasteiger partial charge in [-0.25, -0.2) is 4.68 Å². The molecular formula is C26H23N5O5S. The third-order valence-electron chi connectivity index (χ3n) is 5.60. The van der Waals surface area contributed by atoms with Crippen LogP contribution in [0.5, 0.6) is 0 Å². The van der Waals surface area contributed by atoms with Crippen LogP contribution >= 0.6 is 11.8 Å². The minimum absolute atomic E-state index is 0.0430. The summed E-state index contributed by atoms with van der Waals surface area (Å²) < 4.78 is 3.18. The van der Waals surface area contributed by atoms with E-state index in [1.54, 1.807) is 42.9 Å². The Bertz CT molecular complexity index is 1540. The minimum atomic E-state index is -0.563. The highest BCUT2D eigenvalue weighted by molar-refractivity contribution is 8.00. The molecule has 37 heavy (non-hydrogen) atoms. The number of carbonyl (C=O) groups is 2. The van der Waals surface area contributed by atoms with Crippen molar-refractivity contribution >= 4 is 40.6 Å². The lowest BCUT2D eigenvalue weighted by molar-refractivity contribution is -0.384. The summed E-state index contributed by atoms with van der Waals surface area (Å²) >= 11 is 1.24. The van der Waals surface area contributed by atoms with Crippen molar-refractivity contribution in [2.24, 2.45) is 7.05 Å². The van der Waals surface area contributed by atoms with Crippen molar-refractivity contribution in [3.05, 3.63) is 111 Å². The van der Waals surface area contributed by atoms with Gasteiger partial charge in [-0.15, -0.1) is 11.8 Å². The molecule has 4 aromatic rings. The van der Waals surface area contributed by atoms with Gasteiger partial charge in [0, 0.05) is 35.3 Å². The van der Waals surface area contributed by atoms with E-state index in [4.69, 9.17) is 0 Å². The highest BCUT2D eigenvalue weighted by Gasteiger charge is 2.18. The molecule has 188 valence electrons. The second kappa shape index (κ2) is 11.0. The van der Waals surface area contributed by atoms with Crippen molar-refractivity contribution in [1.82, 2.24) is 9.36 Å². The number of hydrogen-bond acceptors (Lipinski definition) is 6. The van der Waals surface area contributed by atoms with Gasteiger partial charge in [0.2, 0.25) is 5.91 Å². The Hall–Kier alpha value is -4.64. The molecule has 0 atom stereocenters. The smallest absolute Gasteiger partial charge is 0.295 e. The molecule has 0 aliphatic carbocycles. The highest BCUT2D eigenvalue weighted by atomic mass is 32.2. The van der Waals surface area contributed by atoms with Crippen molar-refractivity contribution in [3.63, 3.8) is 0 Å². The fourth-order valence-electron chi connectivity index (χ4n) is 3.66. The number of benzene rings is 3. The quantitative estimate of drug-likeness (QED) is 0.203. The summed E-state index contributed by atoms with van der Waals surface area (Å²) in [4.78, 5) is 49.3. The number of nitrogens with zero attached hydrogens (tertiary/aromatic N) is 3. The van der Waals surface area contributed by atoms with Crippen LogP contribution < -0.4 is 16.2 Å². The maximum atomic E-state index is 13.0. The van der Waals surface area contributed by atoms with Gasteiger partial charge in [-0.2, -0.15) is 0 Å². The number of nitro groups is 1. The number of rotatable bonds is 8. The van der Waals surface area contributed by atoms with E-state index in [1.807, 2.05) is 30.3 Å². The largest absolute Gasteiger partial charge is 0.322 e. The van der Waals surface area contributed by atoms with Gasteiger partial charge >= 0.3 is 0 Å². The van der Waals surface area contributed by atoms with Crippen LogP contribution in [0.2, 0.25) is 0 Å². The fraction of sp³-hybridized carbons (Fsp3) is 0.115. The molecule has 0 bridgehead atoms. The summed E-state index contributed by atoms with van der Waals surface area (Å²) in [5.74, 6) is -0.790. The van der Waals surface area contributed by atoms with E-state index in [2.05, 4.69) is 10.6 Å². The molecule has 3 aromatic carbocycles. The Kier molecular flexibility index (Phi) is 7.54. The zero-order valence-electron chi connectivity index (χ0n) is 20.0. The van der Waals surface area contributed by atoms with Crippen LogP contribution in [-0.4, -0.2) is 31.9 Å². The minimum Gasteiger partial charge on any atom is -0.322 e. The first-order chi connectivity index (χ1) is 17.7. The maximum absolute atomic E-state index is 13.0. The van der Waals surface area contributed by atoms with E-state index in [1.165, 1.54) is 40.7 Å². The first kappa shape index (κ1) is 25.5. The molecule has 2 amide bonds. The number of para-hydroxylation sites is 1. The second-order valence-corrected chi connectivity index (χ2v) is 9.11. The molecule has 0 unspecified atom stereocenters. The van der Waals surface area contributed by atoms with Crippen LogP contribution in [0.3, 0.4) is 0 Å². The van der Waals surface area contributed by atoms with E-state index >= 15 is 0 Å². The van der Waals surface area contributed by atoms with Crippen molar-refractivity contribution < 1.29 is 14.5 Å². The molecule has 2 N–H and O–H groups in total. The molecule has 4 rings (SSSR count). The van der Waals surface area contributed by atoms with Gasteiger partial charge in [-0.3, -0.25) is 29.2 Å². The predicted molar refractivity (Wildman–Crippen MR) is 143 cm³/mol. The van der Waals surface area contributed by atoms with Gasteiger partial charge in [0.25, 0.3) is 17.2 Å². The summed E-state index contributed by atoms with van der Waals surface area (Å²) in [5.41, 5.74) is 1.67. The number of carbonyl (C=O) groups excluding carboxylic acids is 2. The van der Waals surface area contributed by atoms with E-state index in [-0.39, 0.29) is 34.2 Å². The Morgan fingerprint density at radius 1 is 0.973 bits per heavy atom. The molecule has 0 radical (unpaired) electrons. The van der Waals surface area contributed by atoms with E-state index < -0.39 is 10.8 Å². The lowest BCUT2D eigenvalue weighted by Crippen LogP contribution is -2.23. The summed E-state index contributed by atoms with van der Waals surface area (Å²) in [5, 5.41) is 16.4. The van der Waals surface area contributed by atoms with Crippen LogP contribution in [0.1, 0.15) is 16.1 Å². The summed E-state index contributed by atoms with van der Waals surface area (Å²) in [6.45, 7) is 1.76. The van der Waals surface area contributed by atoms with Gasteiger partial charge < -0.3 is 10.6 Å². The number of aromatic nitrogens is 2. The van der Waals surface area contributed by atoms with Crippen molar-refractivity contribution in [3.8, 4) is 5.69 Å². The van der Waals surface area contributed by atoms with Crippen LogP contribution in [0.15, 0.2) is 88.6 Å². The lowest BCUT2D eigenvalue weighted by atomic mass is 10.2. The van der Waals surface area contributed by atoms with Crippen LogP contribution in [0, 0.1) is 17.0 Å². The monoisotopic (exact) mass is 517 g/mol. The number of non-ortho nitro benzene ring substituents is 1. The number of hydrogen-bond donors (Lipinski definition) is 2. The van der Waals surface area contributed by atoms with E-state index in [0.29, 0.717) is 17.1 Å². The van der Waals surface area contributed by atoms with Crippen molar-refractivity contribution in [2.75, 3.05) is 16.4 Å². The third kappa shape index (κ3) is 5.78. The number of amides is 2. The summed E-state index contributed by atoms with van der Waals surface area (Å²) in [6.07, 6.45) is 0. The number of anilines is 2. The van der Waals surface area contributed by atoms with Crippen LogP contribution in [0.25, 0.3) is 5.69 Å². The Labute approximate surface area is 216 Å². The molecule has 0 aliphatic rings. The van der Waals surface area contributed by atoms with Gasteiger partial charge in [-0.1, -0.05) is 30.3 Å². The van der Waals surface area contributed by atoms with Gasteiger partial charge in [-0.05, 0) is 43.3 Å². The Balaban J connectivity index is 1.41. The number of nitrogens with one attached hydrogen (secondary N) is 2. The topological polar surface area (TPSA) is 128 Å². The van der Waals surface area contributed by atoms with Crippen molar-refractivity contribution in [1.29, 1.82) is 0 Å². The molecule has 0 fully saturated rings. The molecule has 11 heteroatoms. The normalized spacial score (nSPS) is 10.6. The first-order valence-corrected chi connectivity index (χ1v) is 12.2. The zero-order valence-corrected chi connectivity index (χ0v) is 20.8. The molecule has 0 saturated carbocycles. The van der Waals surface area contributed by atoms with Gasteiger partial charge in [0.05, 0.1) is 22.1 Å². The lowest BCUT2D eigenvalue weighted by Gasteiger charge is -2.08. The standard InChI is InChI=1S/C26H23N5O5S/c1-17-24(26(34)30(29(17)2)20-10-4-3-5-11-20)28-23(32)16-37-22-13-7-9-19(15-22)27-25(33)18-8-6-12-21(14-18)31(35)36/h3-15H,16H2,1-2H3,(H,27,33)(H,28,32). The molecule has 1 heterocycles. The Morgan fingerprint density at radius 2 is 1.70 bits per heavy atom. The molecule has 0 aliphatic heterocycles. The first-order valence-electron chi connectivity index (χ1n) is 11.2. The average molecular weight is 518 g/mol. The fourth-order valence-corrected chi connectivity index (χ4v) is 4.42. The van der Waals surface area contributed by atoms with Gasteiger partial charge in [0.15, 0.2) is 0 Å². The number of thioether (sulfide) groups is 1. The van der Waals surface area contributed by atoms with Crippen LogP contribution in [-0.2, 0) is 11.8 Å². The summed E-state index contributed by atoms with van der Waals surface area (Å²) in [7, 11) is 1.75. The molecule has 0 saturated heterocycles. The van der Waals surface area contributed by atoms with Gasteiger partial charge in [0.1, 0.15) is 5.69 Å². The molecular weight excluding hydrogens is 494 g/mol. The Morgan fingerprint density at radius 3 is 2.43 bits per heavy atom. The summed E-state index contributed by atoms with van der Waals surface area (Å²) in [6, 6.07) is 21.5. The van der Waals surface area contributed by atoms with E-state index in [0.717, 1.165) is 4.90 Å².